The van der Waals surface area contributed by atoms with Crippen LogP contribution >= 0.6 is 0 Å². The van der Waals surface area contributed by atoms with E-state index in [4.69, 9.17) is 5.73 Å². The predicted octanol–water partition coefficient (Wildman–Crippen LogP) is -0.253. The van der Waals surface area contributed by atoms with Crippen molar-refractivity contribution < 1.29 is 33.9 Å². The zero-order chi connectivity index (χ0) is 28.6. The third-order valence-electron chi connectivity index (χ3n) is 5.36. The van der Waals surface area contributed by atoms with Crippen molar-refractivity contribution in [1.29, 1.82) is 0 Å². The number of ketones is 1. The normalized spacial score (nSPS) is 14.3. The monoisotopic (exact) mass is 521 g/mol. The van der Waals surface area contributed by atoms with Crippen LogP contribution in [0.5, 0.6) is 0 Å². The fraction of sp³-hybridized carbons (Fsp3) is 0.600. The molecule has 0 aromatic carbocycles. The number of imide groups is 1. The summed E-state index contributed by atoms with van der Waals surface area (Å²) in [7, 11) is 0. The van der Waals surface area contributed by atoms with Crippen LogP contribution in [0.2, 0.25) is 0 Å². The number of hydrogen-bond donors (Lipinski definition) is 5. The van der Waals surface area contributed by atoms with Crippen molar-refractivity contribution in [2.75, 3.05) is 19.7 Å². The first-order valence-corrected chi connectivity index (χ1v) is 12.0. The maximum Gasteiger partial charge on any atom is 0.312 e. The Morgan fingerprint density at radius 1 is 0.973 bits per heavy atom. The number of urea groups is 1. The number of primary amides is 1. The van der Waals surface area contributed by atoms with E-state index in [1.165, 1.54) is 12.2 Å². The molecular formula is C25H39N5O7. The summed E-state index contributed by atoms with van der Waals surface area (Å²) >= 11 is 0. The highest BCUT2D eigenvalue weighted by molar-refractivity contribution is 6.12. The van der Waals surface area contributed by atoms with E-state index in [-0.39, 0.29) is 43.5 Å². The number of nitrogens with one attached hydrogen (secondary N) is 3. The summed E-state index contributed by atoms with van der Waals surface area (Å²) in [4.78, 5) is 72.6. The topological polar surface area (TPSA) is 188 Å². The Labute approximate surface area is 217 Å². The van der Waals surface area contributed by atoms with Crippen LogP contribution in [0.25, 0.3) is 0 Å². The molecule has 0 aromatic rings. The van der Waals surface area contributed by atoms with Crippen LogP contribution in [0, 0.1) is 18.3 Å². The van der Waals surface area contributed by atoms with Crippen molar-refractivity contribution in [2.24, 2.45) is 11.1 Å². The molecule has 1 unspecified atom stereocenters. The van der Waals surface area contributed by atoms with Crippen molar-refractivity contribution in [3.8, 4) is 12.8 Å². The van der Waals surface area contributed by atoms with E-state index in [9.17, 15) is 33.9 Å². The van der Waals surface area contributed by atoms with Crippen molar-refractivity contribution in [1.82, 2.24) is 20.9 Å². The number of nitrogens with zero attached hydrogens (tertiary/aromatic N) is 1. The molecule has 1 rings (SSSR count). The summed E-state index contributed by atoms with van der Waals surface area (Å²) in [6, 6.07) is -2.79. The van der Waals surface area contributed by atoms with E-state index in [1.54, 1.807) is 20.8 Å². The molecule has 0 saturated heterocycles. The highest BCUT2D eigenvalue weighted by Gasteiger charge is 2.32. The van der Waals surface area contributed by atoms with Crippen LogP contribution in [-0.2, 0) is 24.0 Å². The van der Waals surface area contributed by atoms with E-state index in [0.717, 1.165) is 4.90 Å². The number of amides is 6. The van der Waals surface area contributed by atoms with Crippen LogP contribution in [0.1, 0.15) is 59.3 Å². The van der Waals surface area contributed by atoms with Crippen molar-refractivity contribution in [3.63, 3.8) is 0 Å². The minimum atomic E-state index is -1.23. The molecule has 1 aliphatic heterocycles. The average molecular weight is 522 g/mol. The Balaban J connectivity index is 0.00000631. The third kappa shape index (κ3) is 12.7. The van der Waals surface area contributed by atoms with Gasteiger partial charge >= 0.3 is 6.03 Å². The van der Waals surface area contributed by atoms with Gasteiger partial charge in [-0.25, -0.2) is 4.79 Å². The quantitative estimate of drug-likeness (QED) is 0.112. The minimum Gasteiger partial charge on any atom is -0.394 e. The van der Waals surface area contributed by atoms with E-state index >= 15 is 0 Å². The lowest BCUT2D eigenvalue weighted by Crippen LogP contribution is -2.54. The molecule has 2 atom stereocenters. The van der Waals surface area contributed by atoms with Gasteiger partial charge in [0, 0.05) is 37.1 Å². The standard InChI is InChI=1S/C23H37N5O7.C2H2/c1-23(2,3)20(33)15(8-7-12-25-22(24)35)27-21(34)16(14-29)26-17(30)9-5-4-6-13-28-18(31)10-11-19(28)32;1-2/h10-11,15-16,29H,4-9,12-14H2,1-3H3,(H,26,30)(H,27,34)(H3,24,25,35);1-2H/t15-,16?;/m0./s1. The summed E-state index contributed by atoms with van der Waals surface area (Å²) < 4.78 is 0. The molecule has 1 aliphatic rings. The molecule has 1 heterocycles. The van der Waals surface area contributed by atoms with Gasteiger partial charge in [0.25, 0.3) is 11.8 Å². The summed E-state index contributed by atoms with van der Waals surface area (Å²) in [5.74, 6) is -2.06. The second kappa shape index (κ2) is 16.9. The Hall–Kier alpha value is -3.72. The lowest BCUT2D eigenvalue weighted by Gasteiger charge is -2.27. The molecule has 0 saturated carbocycles. The van der Waals surface area contributed by atoms with Crippen LogP contribution in [-0.4, -0.2) is 77.2 Å². The largest absolute Gasteiger partial charge is 0.394 e. The molecule has 0 spiro atoms. The first-order valence-electron chi connectivity index (χ1n) is 12.0. The highest BCUT2D eigenvalue weighted by Crippen LogP contribution is 2.19. The number of aliphatic hydroxyl groups is 1. The minimum absolute atomic E-state index is 0.0903. The van der Waals surface area contributed by atoms with Gasteiger partial charge in [-0.05, 0) is 25.7 Å². The third-order valence-corrected chi connectivity index (χ3v) is 5.36. The molecule has 0 bridgehead atoms. The van der Waals surface area contributed by atoms with Crippen molar-refractivity contribution >= 4 is 35.4 Å². The molecule has 6 N–H and O–H groups in total. The van der Waals surface area contributed by atoms with Gasteiger partial charge in [0.2, 0.25) is 11.8 Å². The van der Waals surface area contributed by atoms with E-state index in [1.807, 2.05) is 0 Å². The fourth-order valence-electron chi connectivity index (χ4n) is 3.43. The number of terminal acetylenes is 1. The molecule has 12 heteroatoms. The van der Waals surface area contributed by atoms with Crippen LogP contribution in [0.3, 0.4) is 0 Å². The lowest BCUT2D eigenvalue weighted by atomic mass is 9.84. The van der Waals surface area contributed by atoms with Crippen molar-refractivity contribution in [3.05, 3.63) is 12.2 Å². The molecular weight excluding hydrogens is 482 g/mol. The summed E-state index contributed by atoms with van der Waals surface area (Å²) in [5, 5.41) is 17.1. The first-order chi connectivity index (χ1) is 17.4. The van der Waals surface area contributed by atoms with Gasteiger partial charge in [0.15, 0.2) is 5.78 Å². The van der Waals surface area contributed by atoms with Crippen molar-refractivity contribution in [2.45, 2.75) is 71.4 Å². The van der Waals surface area contributed by atoms with E-state index < -0.39 is 42.0 Å². The molecule has 0 aliphatic carbocycles. The molecule has 0 fully saturated rings. The zero-order valence-electron chi connectivity index (χ0n) is 21.7. The van der Waals surface area contributed by atoms with Gasteiger partial charge in [-0.2, -0.15) is 0 Å². The molecule has 0 aromatic heterocycles. The summed E-state index contributed by atoms with van der Waals surface area (Å²) in [5.41, 5.74) is 4.29. The molecule has 37 heavy (non-hydrogen) atoms. The fourth-order valence-corrected chi connectivity index (χ4v) is 3.43. The SMILES string of the molecule is C#C.CC(C)(C)C(=O)[C@H](CCCNC(N)=O)NC(=O)C(CO)NC(=O)CCCCCN1C(=O)C=CC1=O. The first kappa shape index (κ1) is 33.3. The number of hydrogen-bond acceptors (Lipinski definition) is 7. The van der Waals surface area contributed by atoms with Gasteiger partial charge in [0.1, 0.15) is 6.04 Å². The molecule has 6 amide bonds. The highest BCUT2D eigenvalue weighted by atomic mass is 16.3. The van der Waals surface area contributed by atoms with Gasteiger partial charge in [-0.15, -0.1) is 12.8 Å². The summed E-state index contributed by atoms with van der Waals surface area (Å²) in [6.07, 6.45) is 12.7. The number of unbranched alkanes of at least 4 members (excludes halogenated alkanes) is 2. The van der Waals surface area contributed by atoms with Crippen LogP contribution in [0.4, 0.5) is 4.79 Å². The molecule has 206 valence electrons. The molecule has 12 nitrogen and oxygen atoms in total. The smallest absolute Gasteiger partial charge is 0.312 e. The average Bonchev–Trinajstić information content (AvgIpc) is 3.16. The number of Topliss-reactive ketones (excluding diaryl/α,β-unsaturated/α-hetero) is 1. The van der Waals surface area contributed by atoms with Gasteiger partial charge in [-0.3, -0.25) is 28.9 Å². The number of carbonyl (C=O) groups excluding carboxylic acids is 6. The van der Waals surface area contributed by atoms with Gasteiger partial charge < -0.3 is 26.8 Å². The Morgan fingerprint density at radius 2 is 1.57 bits per heavy atom. The van der Waals surface area contributed by atoms with Gasteiger partial charge in [-0.1, -0.05) is 27.2 Å². The molecule has 0 radical (unpaired) electrons. The predicted molar refractivity (Wildman–Crippen MR) is 136 cm³/mol. The maximum absolute atomic E-state index is 12.8. The summed E-state index contributed by atoms with van der Waals surface area (Å²) in [6.45, 7) is 5.00. The van der Waals surface area contributed by atoms with E-state index in [2.05, 4.69) is 28.8 Å². The number of aliphatic hydroxyl groups excluding tert-OH is 1. The zero-order valence-corrected chi connectivity index (χ0v) is 21.7. The second-order valence-electron chi connectivity index (χ2n) is 9.38. The van der Waals surface area contributed by atoms with Gasteiger partial charge in [0.05, 0.1) is 12.6 Å². The Morgan fingerprint density at radius 3 is 2.08 bits per heavy atom. The Bertz CT molecular complexity index is 858. The number of rotatable bonds is 15. The Kier molecular flexibility index (Phi) is 15.2. The number of carbonyl (C=O) groups is 6. The number of nitrogens with two attached hydrogens (primary N) is 1. The maximum atomic E-state index is 12.8. The van der Waals surface area contributed by atoms with Crippen LogP contribution < -0.4 is 21.7 Å². The van der Waals surface area contributed by atoms with E-state index in [0.29, 0.717) is 25.7 Å². The lowest BCUT2D eigenvalue weighted by molar-refractivity contribution is -0.137. The van der Waals surface area contributed by atoms with Crippen LogP contribution in [0.15, 0.2) is 12.2 Å². The second-order valence-corrected chi connectivity index (χ2v) is 9.38.